The molecule has 38 heavy (non-hydrogen) atoms. The number of aromatic amines is 1. The van der Waals surface area contributed by atoms with Crippen LogP contribution in [0.15, 0.2) is 88.5 Å². The number of carbonyl (C=O) groups is 1. The van der Waals surface area contributed by atoms with Gasteiger partial charge in [-0.1, -0.05) is 42.5 Å². The summed E-state index contributed by atoms with van der Waals surface area (Å²) < 4.78 is 11.0. The summed E-state index contributed by atoms with van der Waals surface area (Å²) in [6.45, 7) is 2.22. The summed E-state index contributed by atoms with van der Waals surface area (Å²) in [6, 6.07) is 21.2. The number of H-pyrrole nitrogens is 1. The molecule has 1 aliphatic rings. The number of oxazole rings is 1. The molecule has 2 aromatic heterocycles. The van der Waals surface area contributed by atoms with Gasteiger partial charge in [0, 0.05) is 29.8 Å². The van der Waals surface area contributed by atoms with Gasteiger partial charge in [-0.05, 0) is 65.8 Å². The first-order valence-electron chi connectivity index (χ1n) is 12.6. The number of hydrogen-bond donors (Lipinski definition) is 1. The van der Waals surface area contributed by atoms with Crippen molar-refractivity contribution in [3.8, 4) is 22.6 Å². The molecule has 1 unspecified atom stereocenters. The lowest BCUT2D eigenvalue weighted by Gasteiger charge is -2.25. The number of nitrogens with zero attached hydrogens (tertiary/aromatic N) is 2. The molecule has 1 aliphatic carbocycles. The molecule has 1 N–H and O–H groups in total. The quantitative estimate of drug-likeness (QED) is 0.298. The molecule has 5 aromatic rings. The van der Waals surface area contributed by atoms with Crippen LogP contribution in [-0.4, -0.2) is 28.0 Å². The Balaban J connectivity index is 1.28. The number of amides is 1. The van der Waals surface area contributed by atoms with Gasteiger partial charge < -0.3 is 19.0 Å². The topological polar surface area (TPSA) is 88.4 Å². The minimum atomic E-state index is -0.353. The first-order chi connectivity index (χ1) is 18.5. The van der Waals surface area contributed by atoms with Crippen molar-refractivity contribution in [2.24, 2.45) is 0 Å². The largest absolute Gasteiger partial charge is 0.445 e. The summed E-state index contributed by atoms with van der Waals surface area (Å²) in [7, 11) is 1.78. The number of aromatic nitrogens is 2. The van der Waals surface area contributed by atoms with E-state index in [1.165, 1.54) is 12.0 Å². The van der Waals surface area contributed by atoms with Crippen molar-refractivity contribution in [2.45, 2.75) is 32.4 Å². The van der Waals surface area contributed by atoms with Crippen molar-refractivity contribution in [1.82, 2.24) is 14.9 Å². The molecule has 7 heteroatoms. The number of benzene rings is 3. The fourth-order valence-electron chi connectivity index (χ4n) is 5.27. The van der Waals surface area contributed by atoms with Gasteiger partial charge in [0.05, 0.1) is 17.8 Å². The summed E-state index contributed by atoms with van der Waals surface area (Å²) >= 11 is 0. The average molecular weight is 506 g/mol. The van der Waals surface area contributed by atoms with Crippen LogP contribution >= 0.6 is 0 Å². The van der Waals surface area contributed by atoms with Crippen LogP contribution in [-0.2, 0) is 17.8 Å². The lowest BCUT2D eigenvalue weighted by atomic mass is 9.99. The molecule has 0 saturated heterocycles. The second-order valence-electron chi connectivity index (χ2n) is 9.74. The number of pyridine rings is 1. The molecule has 0 fully saturated rings. The van der Waals surface area contributed by atoms with Gasteiger partial charge in [-0.3, -0.25) is 4.79 Å². The summed E-state index contributed by atoms with van der Waals surface area (Å²) in [5.74, 6) is 0.629. The second kappa shape index (κ2) is 9.67. The second-order valence-corrected chi connectivity index (χ2v) is 9.74. The van der Waals surface area contributed by atoms with Crippen LogP contribution in [0.2, 0.25) is 0 Å². The minimum absolute atomic E-state index is 0.0758. The smallest absolute Gasteiger partial charge is 0.410 e. The molecule has 0 spiro atoms. The Morgan fingerprint density at radius 3 is 2.76 bits per heavy atom. The van der Waals surface area contributed by atoms with Gasteiger partial charge in [0.2, 0.25) is 0 Å². The van der Waals surface area contributed by atoms with Crippen LogP contribution < -0.4 is 5.43 Å². The van der Waals surface area contributed by atoms with E-state index in [9.17, 15) is 9.59 Å². The van der Waals surface area contributed by atoms with Gasteiger partial charge in [-0.25, -0.2) is 9.78 Å². The SMILES string of the molecule is Cc1cc2[nH]c(-c3ccc4c(c3)C(N(C)C(=O)OCc3ccccc3)CC4)cc(=O)c2cc1-c1cnco1. The molecule has 2 heterocycles. The standard InChI is InChI=1S/C31H27N3O4/c1-19-12-27-25(14-23(19)30-16-32-18-38-30)29(35)15-26(33-27)22-9-8-21-10-11-28(24(21)13-22)34(2)31(36)37-17-20-6-4-3-5-7-20/h3-9,12-16,18,28H,10-11,17H2,1-2H3,(H,33,35). The normalized spacial score (nSPS) is 14.4. The lowest BCUT2D eigenvalue weighted by molar-refractivity contribution is 0.0909. The van der Waals surface area contributed by atoms with Gasteiger partial charge in [-0.2, -0.15) is 0 Å². The third-order valence-corrected chi connectivity index (χ3v) is 7.34. The zero-order chi connectivity index (χ0) is 26.2. The highest BCUT2D eigenvalue weighted by molar-refractivity contribution is 5.87. The van der Waals surface area contributed by atoms with Crippen molar-refractivity contribution in [2.75, 3.05) is 7.05 Å². The molecule has 0 saturated carbocycles. The molecule has 0 radical (unpaired) electrons. The molecule has 6 rings (SSSR count). The van der Waals surface area contributed by atoms with Gasteiger partial charge in [-0.15, -0.1) is 0 Å². The number of rotatable bonds is 5. The van der Waals surface area contributed by atoms with Gasteiger partial charge in [0.15, 0.2) is 17.6 Å². The zero-order valence-corrected chi connectivity index (χ0v) is 21.2. The van der Waals surface area contributed by atoms with Crippen LogP contribution in [0.5, 0.6) is 0 Å². The number of aryl methyl sites for hydroxylation is 2. The van der Waals surface area contributed by atoms with Gasteiger partial charge in [0.25, 0.3) is 0 Å². The van der Waals surface area contributed by atoms with E-state index in [0.29, 0.717) is 11.1 Å². The third-order valence-electron chi connectivity index (χ3n) is 7.34. The number of hydrogen-bond acceptors (Lipinski definition) is 5. The Bertz CT molecular complexity index is 1690. The monoisotopic (exact) mass is 505 g/mol. The average Bonchev–Trinajstić information content (AvgIpc) is 3.61. The number of fused-ring (bicyclic) bond motifs is 2. The molecular weight excluding hydrogens is 478 g/mol. The van der Waals surface area contributed by atoms with Gasteiger partial charge in [0.1, 0.15) is 6.61 Å². The summed E-state index contributed by atoms with van der Waals surface area (Å²) in [5, 5.41) is 0.589. The Morgan fingerprint density at radius 2 is 1.97 bits per heavy atom. The van der Waals surface area contributed by atoms with Crippen LogP contribution in [0.1, 0.15) is 34.7 Å². The fourth-order valence-corrected chi connectivity index (χ4v) is 5.27. The highest BCUT2D eigenvalue weighted by Gasteiger charge is 2.30. The van der Waals surface area contributed by atoms with E-state index in [4.69, 9.17) is 9.15 Å². The molecule has 1 amide bonds. The van der Waals surface area contributed by atoms with Crippen LogP contribution in [0.25, 0.3) is 33.5 Å². The molecule has 0 aliphatic heterocycles. The summed E-state index contributed by atoms with van der Waals surface area (Å²) in [4.78, 5) is 35.1. The predicted octanol–water partition coefficient (Wildman–Crippen LogP) is 6.41. The molecular formula is C31H27N3O4. The summed E-state index contributed by atoms with van der Waals surface area (Å²) in [5.41, 5.74) is 7.38. The highest BCUT2D eigenvalue weighted by Crippen LogP contribution is 2.38. The Hall–Kier alpha value is -4.65. The minimum Gasteiger partial charge on any atom is -0.445 e. The lowest BCUT2D eigenvalue weighted by Crippen LogP contribution is -2.30. The maximum Gasteiger partial charge on any atom is 0.410 e. The van der Waals surface area contributed by atoms with E-state index >= 15 is 0 Å². The zero-order valence-electron chi connectivity index (χ0n) is 21.2. The molecule has 3 aromatic carbocycles. The Labute approximate surface area is 219 Å². The van der Waals surface area contributed by atoms with Crippen molar-refractivity contribution in [3.05, 3.63) is 112 Å². The van der Waals surface area contributed by atoms with E-state index in [2.05, 4.69) is 22.1 Å². The molecule has 1 atom stereocenters. The van der Waals surface area contributed by atoms with Crippen LogP contribution in [0, 0.1) is 6.92 Å². The van der Waals surface area contributed by atoms with E-state index in [0.717, 1.165) is 51.9 Å². The van der Waals surface area contributed by atoms with Crippen molar-refractivity contribution in [1.29, 1.82) is 0 Å². The summed E-state index contributed by atoms with van der Waals surface area (Å²) in [6.07, 6.45) is 4.39. The first kappa shape index (κ1) is 23.7. The van der Waals surface area contributed by atoms with Crippen molar-refractivity contribution in [3.63, 3.8) is 0 Å². The third kappa shape index (κ3) is 4.36. The first-order valence-corrected chi connectivity index (χ1v) is 12.6. The van der Waals surface area contributed by atoms with E-state index in [1.54, 1.807) is 24.2 Å². The Morgan fingerprint density at radius 1 is 1.13 bits per heavy atom. The predicted molar refractivity (Wildman–Crippen MR) is 146 cm³/mol. The maximum atomic E-state index is 13.2. The molecule has 190 valence electrons. The maximum absolute atomic E-state index is 13.2. The number of nitrogens with one attached hydrogen (secondary N) is 1. The van der Waals surface area contributed by atoms with E-state index < -0.39 is 0 Å². The number of carbonyl (C=O) groups excluding carboxylic acids is 1. The van der Waals surface area contributed by atoms with E-state index in [1.807, 2.05) is 55.5 Å². The highest BCUT2D eigenvalue weighted by atomic mass is 16.6. The number of ether oxygens (including phenoxy) is 1. The van der Waals surface area contributed by atoms with Crippen LogP contribution in [0.4, 0.5) is 4.79 Å². The van der Waals surface area contributed by atoms with Crippen LogP contribution in [0.3, 0.4) is 0 Å². The molecule has 7 nitrogen and oxygen atoms in total. The fraction of sp³-hybridized carbons (Fsp3) is 0.194. The van der Waals surface area contributed by atoms with Crippen molar-refractivity contribution >= 4 is 17.0 Å². The Kier molecular flexibility index (Phi) is 6.04. The van der Waals surface area contributed by atoms with Crippen molar-refractivity contribution < 1.29 is 13.9 Å². The van der Waals surface area contributed by atoms with E-state index in [-0.39, 0.29) is 24.2 Å². The molecule has 0 bridgehead atoms. The van der Waals surface area contributed by atoms with Gasteiger partial charge >= 0.3 is 6.09 Å².